The van der Waals surface area contributed by atoms with E-state index in [0.717, 1.165) is 38.1 Å². The number of nitrogens with zero attached hydrogens (tertiary/aromatic N) is 1. The van der Waals surface area contributed by atoms with E-state index in [2.05, 4.69) is 11.8 Å². The summed E-state index contributed by atoms with van der Waals surface area (Å²) < 4.78 is 0. The van der Waals surface area contributed by atoms with Gasteiger partial charge in [-0.05, 0) is 69.7 Å². The van der Waals surface area contributed by atoms with Crippen molar-refractivity contribution in [3.05, 3.63) is 0 Å². The van der Waals surface area contributed by atoms with Crippen LogP contribution in [0.4, 0.5) is 0 Å². The summed E-state index contributed by atoms with van der Waals surface area (Å²) in [5, 5.41) is 0. The van der Waals surface area contributed by atoms with Gasteiger partial charge in [0.2, 0.25) is 5.91 Å². The highest BCUT2D eigenvalue weighted by Gasteiger charge is 2.32. The maximum atomic E-state index is 12.6. The number of amides is 1. The molecule has 2 aliphatic carbocycles. The first-order chi connectivity index (χ1) is 9.65. The molecule has 0 bridgehead atoms. The first kappa shape index (κ1) is 15.8. The van der Waals surface area contributed by atoms with Crippen LogP contribution in [0, 0.1) is 17.8 Å². The second-order valence-corrected chi connectivity index (χ2v) is 6.99. The lowest BCUT2D eigenvalue weighted by atomic mass is 9.80. The molecule has 2 fully saturated rings. The maximum absolute atomic E-state index is 12.6. The van der Waals surface area contributed by atoms with Crippen molar-refractivity contribution in [3.8, 4) is 0 Å². The molecule has 0 heterocycles. The van der Waals surface area contributed by atoms with Crippen molar-refractivity contribution in [2.45, 2.75) is 70.8 Å². The number of hydrogen-bond donors (Lipinski definition) is 1. The van der Waals surface area contributed by atoms with Gasteiger partial charge in [0.05, 0.1) is 0 Å². The number of hydrogen-bond acceptors (Lipinski definition) is 2. The predicted octanol–water partition coefficient (Wildman–Crippen LogP) is 3.18. The van der Waals surface area contributed by atoms with Crippen molar-refractivity contribution < 1.29 is 4.79 Å². The number of carbonyl (C=O) groups excluding carboxylic acids is 1. The molecule has 2 aliphatic rings. The molecular formula is C17H32N2O. The van der Waals surface area contributed by atoms with E-state index in [-0.39, 0.29) is 5.92 Å². The van der Waals surface area contributed by atoms with Gasteiger partial charge in [0.25, 0.3) is 0 Å². The van der Waals surface area contributed by atoms with E-state index in [0.29, 0.717) is 17.9 Å². The highest BCUT2D eigenvalue weighted by molar-refractivity contribution is 5.79. The molecule has 0 aromatic rings. The van der Waals surface area contributed by atoms with Crippen LogP contribution in [0.1, 0.15) is 64.7 Å². The lowest BCUT2D eigenvalue weighted by Gasteiger charge is -2.37. The molecule has 116 valence electrons. The van der Waals surface area contributed by atoms with E-state index >= 15 is 0 Å². The predicted molar refractivity (Wildman–Crippen MR) is 83.3 cm³/mol. The van der Waals surface area contributed by atoms with E-state index in [1.54, 1.807) is 0 Å². The number of carbonyl (C=O) groups is 1. The average molecular weight is 280 g/mol. The third-order valence-corrected chi connectivity index (χ3v) is 5.82. The smallest absolute Gasteiger partial charge is 0.225 e. The van der Waals surface area contributed by atoms with Crippen LogP contribution < -0.4 is 5.73 Å². The summed E-state index contributed by atoms with van der Waals surface area (Å²) >= 11 is 0. The lowest BCUT2D eigenvalue weighted by Crippen LogP contribution is -2.43. The van der Waals surface area contributed by atoms with Crippen molar-refractivity contribution in [2.24, 2.45) is 23.5 Å². The fraction of sp³-hybridized carbons (Fsp3) is 0.941. The molecule has 3 nitrogen and oxygen atoms in total. The fourth-order valence-electron chi connectivity index (χ4n) is 4.05. The first-order valence-corrected chi connectivity index (χ1v) is 8.62. The Morgan fingerprint density at radius 3 is 2.05 bits per heavy atom. The van der Waals surface area contributed by atoms with E-state index < -0.39 is 0 Å². The Kier molecular flexibility index (Phi) is 5.88. The molecule has 1 amide bonds. The minimum absolute atomic E-state index is 0.270. The molecule has 2 rings (SSSR count). The normalized spacial score (nSPS) is 34.8. The molecule has 3 heteroatoms. The lowest BCUT2D eigenvalue weighted by molar-refractivity contribution is -0.138. The second-order valence-electron chi connectivity index (χ2n) is 6.99. The van der Waals surface area contributed by atoms with Gasteiger partial charge in [-0.25, -0.2) is 0 Å². The van der Waals surface area contributed by atoms with Crippen molar-refractivity contribution in [1.82, 2.24) is 4.90 Å². The van der Waals surface area contributed by atoms with Gasteiger partial charge in [0.1, 0.15) is 0 Å². The van der Waals surface area contributed by atoms with Crippen LogP contribution in [-0.4, -0.2) is 30.4 Å². The van der Waals surface area contributed by atoms with Gasteiger partial charge in [-0.3, -0.25) is 4.79 Å². The Balaban J connectivity index is 1.80. The molecule has 0 radical (unpaired) electrons. The van der Waals surface area contributed by atoms with Gasteiger partial charge in [0, 0.05) is 19.0 Å². The van der Waals surface area contributed by atoms with Gasteiger partial charge in [0.15, 0.2) is 0 Å². The van der Waals surface area contributed by atoms with Crippen molar-refractivity contribution in [2.75, 3.05) is 13.6 Å². The SMILES string of the molecule is CCC1CCC(N(C)C(=O)C2CCC(CN)CC2)CC1. The minimum Gasteiger partial charge on any atom is -0.343 e. The van der Waals surface area contributed by atoms with Crippen LogP contribution in [-0.2, 0) is 4.79 Å². The highest BCUT2D eigenvalue weighted by Crippen LogP contribution is 2.33. The van der Waals surface area contributed by atoms with Crippen LogP contribution in [0.15, 0.2) is 0 Å². The van der Waals surface area contributed by atoms with E-state index in [4.69, 9.17) is 5.73 Å². The quantitative estimate of drug-likeness (QED) is 0.859. The van der Waals surface area contributed by atoms with Crippen LogP contribution in [0.3, 0.4) is 0 Å². The molecule has 20 heavy (non-hydrogen) atoms. The molecule has 2 saturated carbocycles. The minimum atomic E-state index is 0.270. The third kappa shape index (κ3) is 3.75. The summed E-state index contributed by atoms with van der Waals surface area (Å²) in [6.07, 6.45) is 10.7. The van der Waals surface area contributed by atoms with Gasteiger partial charge in [-0.15, -0.1) is 0 Å². The molecule has 0 aromatic carbocycles. The van der Waals surface area contributed by atoms with Gasteiger partial charge in [-0.2, -0.15) is 0 Å². The maximum Gasteiger partial charge on any atom is 0.225 e. The Morgan fingerprint density at radius 2 is 1.55 bits per heavy atom. The highest BCUT2D eigenvalue weighted by atomic mass is 16.2. The Hall–Kier alpha value is -0.570. The topological polar surface area (TPSA) is 46.3 Å². The van der Waals surface area contributed by atoms with Crippen molar-refractivity contribution >= 4 is 5.91 Å². The Morgan fingerprint density at radius 1 is 1.00 bits per heavy atom. The van der Waals surface area contributed by atoms with Gasteiger partial charge in [-0.1, -0.05) is 13.3 Å². The molecule has 0 unspecified atom stereocenters. The Bertz CT molecular complexity index is 302. The Labute approximate surface area is 124 Å². The zero-order chi connectivity index (χ0) is 14.5. The largest absolute Gasteiger partial charge is 0.343 e. The first-order valence-electron chi connectivity index (χ1n) is 8.62. The van der Waals surface area contributed by atoms with Crippen LogP contribution in [0.5, 0.6) is 0 Å². The van der Waals surface area contributed by atoms with Gasteiger partial charge >= 0.3 is 0 Å². The molecule has 0 spiro atoms. The summed E-state index contributed by atoms with van der Waals surface area (Å²) in [5.74, 6) is 2.23. The van der Waals surface area contributed by atoms with Gasteiger partial charge < -0.3 is 10.6 Å². The van der Waals surface area contributed by atoms with E-state index in [9.17, 15) is 4.79 Å². The fourth-order valence-corrected chi connectivity index (χ4v) is 4.05. The molecule has 0 saturated heterocycles. The monoisotopic (exact) mass is 280 g/mol. The molecule has 0 aromatic heterocycles. The number of nitrogens with two attached hydrogens (primary N) is 1. The summed E-state index contributed by atoms with van der Waals surface area (Å²) in [7, 11) is 2.04. The number of rotatable bonds is 4. The van der Waals surface area contributed by atoms with E-state index in [1.165, 1.54) is 32.1 Å². The summed E-state index contributed by atoms with van der Waals surface area (Å²) in [6, 6.07) is 0.498. The average Bonchev–Trinajstić information content (AvgIpc) is 2.53. The third-order valence-electron chi connectivity index (χ3n) is 5.82. The van der Waals surface area contributed by atoms with Crippen LogP contribution >= 0.6 is 0 Å². The molecular weight excluding hydrogens is 248 g/mol. The summed E-state index contributed by atoms with van der Waals surface area (Å²) in [4.78, 5) is 14.7. The van der Waals surface area contributed by atoms with Crippen molar-refractivity contribution in [1.29, 1.82) is 0 Å². The zero-order valence-electron chi connectivity index (χ0n) is 13.3. The van der Waals surface area contributed by atoms with Crippen molar-refractivity contribution in [3.63, 3.8) is 0 Å². The standard InChI is InChI=1S/C17H32N2O/c1-3-13-6-10-16(11-7-13)19(2)17(20)15-8-4-14(12-18)5-9-15/h13-16H,3-12,18H2,1-2H3. The molecule has 0 aliphatic heterocycles. The summed E-state index contributed by atoms with van der Waals surface area (Å²) in [5.41, 5.74) is 5.73. The second kappa shape index (κ2) is 7.44. The van der Waals surface area contributed by atoms with E-state index in [1.807, 2.05) is 7.05 Å². The summed E-state index contributed by atoms with van der Waals surface area (Å²) in [6.45, 7) is 3.08. The van der Waals surface area contributed by atoms with Crippen LogP contribution in [0.25, 0.3) is 0 Å². The molecule has 0 atom stereocenters. The van der Waals surface area contributed by atoms with Crippen LogP contribution in [0.2, 0.25) is 0 Å². The molecule has 2 N–H and O–H groups in total. The zero-order valence-corrected chi connectivity index (χ0v) is 13.3.